The van der Waals surface area contributed by atoms with Crippen molar-refractivity contribution in [2.24, 2.45) is 0 Å². The van der Waals surface area contributed by atoms with E-state index < -0.39 is 24.1 Å². The molecule has 1 aromatic rings. The quantitative estimate of drug-likeness (QED) is 0.618. The molecule has 0 aliphatic rings. The largest absolute Gasteiger partial charge is 0.471 e. The Kier molecular flexibility index (Phi) is 7.31. The summed E-state index contributed by atoms with van der Waals surface area (Å²) in [4.78, 5) is 22.3. The van der Waals surface area contributed by atoms with Gasteiger partial charge in [-0.15, -0.1) is 0 Å². The zero-order chi connectivity index (χ0) is 17.3. The zero-order valence-corrected chi connectivity index (χ0v) is 12.6. The number of rotatable bonds is 7. The molecule has 0 fully saturated rings. The van der Waals surface area contributed by atoms with Crippen molar-refractivity contribution in [3.05, 3.63) is 48.0 Å². The van der Waals surface area contributed by atoms with Gasteiger partial charge in [-0.25, -0.2) is 4.79 Å². The van der Waals surface area contributed by atoms with Crippen molar-refractivity contribution < 1.29 is 27.5 Å². The number of hydrogen-bond acceptors (Lipinski definition) is 3. The molecule has 1 amide bonds. The van der Waals surface area contributed by atoms with Crippen LogP contribution in [0.3, 0.4) is 0 Å². The van der Waals surface area contributed by atoms with Gasteiger partial charge in [0.05, 0.1) is 6.61 Å². The standard InChI is InChI=1S/C16H18F3NO3/c1-2-23-14(21)11-10-13(20-15(22)16(17,18)19)9-8-12-6-4-3-5-7-12/h3-7,10-11,13H,2,8-9H2,1H3,(H,20,22)/b11-10+/t13-/m1/s1. The summed E-state index contributed by atoms with van der Waals surface area (Å²) in [6.45, 7) is 1.77. The van der Waals surface area contributed by atoms with Gasteiger partial charge in [0.1, 0.15) is 0 Å². The number of hydrogen-bond donors (Lipinski definition) is 1. The molecule has 0 saturated heterocycles. The Bertz CT molecular complexity index is 541. The van der Waals surface area contributed by atoms with Crippen molar-refractivity contribution in [1.29, 1.82) is 0 Å². The Morgan fingerprint density at radius 3 is 2.48 bits per heavy atom. The second-order valence-electron chi connectivity index (χ2n) is 4.71. The maximum Gasteiger partial charge on any atom is 0.471 e. The van der Waals surface area contributed by atoms with Crippen LogP contribution in [-0.4, -0.2) is 30.7 Å². The monoisotopic (exact) mass is 329 g/mol. The first kappa shape index (κ1) is 18.7. The van der Waals surface area contributed by atoms with Crippen LogP contribution in [0.5, 0.6) is 0 Å². The molecule has 0 radical (unpaired) electrons. The van der Waals surface area contributed by atoms with Crippen LogP contribution in [0, 0.1) is 0 Å². The fraction of sp³-hybridized carbons (Fsp3) is 0.375. The number of ether oxygens (including phenoxy) is 1. The average Bonchev–Trinajstić information content (AvgIpc) is 2.50. The number of carbonyl (C=O) groups excluding carboxylic acids is 2. The van der Waals surface area contributed by atoms with E-state index in [4.69, 9.17) is 0 Å². The number of benzene rings is 1. The summed E-state index contributed by atoms with van der Waals surface area (Å²) in [5.74, 6) is -2.71. The molecule has 0 spiro atoms. The third-order valence-electron chi connectivity index (χ3n) is 2.91. The van der Waals surface area contributed by atoms with Gasteiger partial charge in [0.2, 0.25) is 0 Å². The SMILES string of the molecule is CCOC(=O)/C=C/[C@@H](CCc1ccccc1)NC(=O)C(F)(F)F. The molecule has 0 aromatic heterocycles. The predicted octanol–water partition coefficient (Wildman–Crippen LogP) is 2.79. The zero-order valence-electron chi connectivity index (χ0n) is 12.6. The molecule has 0 unspecified atom stereocenters. The van der Waals surface area contributed by atoms with Crippen molar-refractivity contribution in [3.8, 4) is 0 Å². The first-order valence-electron chi connectivity index (χ1n) is 7.09. The molecule has 0 aliphatic carbocycles. The fourth-order valence-corrected chi connectivity index (χ4v) is 1.82. The third-order valence-corrected chi connectivity index (χ3v) is 2.91. The number of halogens is 3. The maximum atomic E-state index is 12.4. The number of nitrogens with one attached hydrogen (secondary N) is 1. The van der Waals surface area contributed by atoms with Crippen LogP contribution in [-0.2, 0) is 20.7 Å². The molecule has 1 atom stereocenters. The molecule has 7 heteroatoms. The van der Waals surface area contributed by atoms with E-state index in [2.05, 4.69) is 4.74 Å². The maximum absolute atomic E-state index is 12.4. The van der Waals surface area contributed by atoms with Crippen LogP contribution in [0.2, 0.25) is 0 Å². The van der Waals surface area contributed by atoms with Crippen LogP contribution in [0.25, 0.3) is 0 Å². The summed E-state index contributed by atoms with van der Waals surface area (Å²) in [5, 5.41) is 1.87. The van der Waals surface area contributed by atoms with E-state index in [1.54, 1.807) is 6.92 Å². The van der Waals surface area contributed by atoms with Gasteiger partial charge >= 0.3 is 18.1 Å². The van der Waals surface area contributed by atoms with E-state index in [0.717, 1.165) is 11.6 Å². The van der Waals surface area contributed by atoms with Crippen molar-refractivity contribution in [2.75, 3.05) is 6.61 Å². The summed E-state index contributed by atoms with van der Waals surface area (Å²) < 4.78 is 41.8. The smallest absolute Gasteiger partial charge is 0.463 e. The normalized spacial score (nSPS) is 12.9. The third kappa shape index (κ3) is 7.49. The second-order valence-corrected chi connectivity index (χ2v) is 4.71. The fourth-order valence-electron chi connectivity index (χ4n) is 1.82. The van der Waals surface area contributed by atoms with E-state index in [0.29, 0.717) is 6.42 Å². The van der Waals surface area contributed by atoms with Crippen molar-refractivity contribution in [3.63, 3.8) is 0 Å². The minimum Gasteiger partial charge on any atom is -0.463 e. The first-order chi connectivity index (χ1) is 10.8. The molecule has 126 valence electrons. The molecular weight excluding hydrogens is 311 g/mol. The summed E-state index contributed by atoms with van der Waals surface area (Å²) in [5.41, 5.74) is 0.920. The topological polar surface area (TPSA) is 55.4 Å². The number of carbonyl (C=O) groups is 2. The van der Waals surface area contributed by atoms with Gasteiger partial charge < -0.3 is 10.1 Å². The molecule has 0 heterocycles. The molecule has 23 heavy (non-hydrogen) atoms. The van der Waals surface area contributed by atoms with E-state index in [9.17, 15) is 22.8 Å². The molecule has 1 rings (SSSR count). The first-order valence-corrected chi connectivity index (χ1v) is 7.09. The molecule has 0 bridgehead atoms. The molecule has 1 aromatic carbocycles. The highest BCUT2D eigenvalue weighted by Crippen LogP contribution is 2.15. The molecular formula is C16H18F3NO3. The van der Waals surface area contributed by atoms with Crippen LogP contribution in [0.15, 0.2) is 42.5 Å². The second kappa shape index (κ2) is 8.97. The lowest BCUT2D eigenvalue weighted by Crippen LogP contribution is -2.42. The van der Waals surface area contributed by atoms with Gasteiger partial charge in [-0.05, 0) is 25.3 Å². The van der Waals surface area contributed by atoms with E-state index in [-0.39, 0.29) is 13.0 Å². The molecule has 4 nitrogen and oxygen atoms in total. The number of aryl methyl sites for hydroxylation is 1. The Morgan fingerprint density at radius 2 is 1.91 bits per heavy atom. The number of amides is 1. The highest BCUT2D eigenvalue weighted by Gasteiger charge is 2.39. The number of alkyl halides is 3. The average molecular weight is 329 g/mol. The summed E-state index contributed by atoms with van der Waals surface area (Å²) in [6.07, 6.45) is -2.05. The molecule has 1 N–H and O–H groups in total. The lowest BCUT2D eigenvalue weighted by atomic mass is 10.0. The van der Waals surface area contributed by atoms with E-state index >= 15 is 0 Å². The van der Waals surface area contributed by atoms with Crippen molar-refractivity contribution in [1.82, 2.24) is 5.32 Å². The lowest BCUT2D eigenvalue weighted by Gasteiger charge is -2.16. The van der Waals surface area contributed by atoms with Gasteiger partial charge in [-0.3, -0.25) is 4.79 Å². The minimum atomic E-state index is -4.97. The van der Waals surface area contributed by atoms with E-state index in [1.807, 2.05) is 35.6 Å². The van der Waals surface area contributed by atoms with Crippen LogP contribution in [0.4, 0.5) is 13.2 Å². The van der Waals surface area contributed by atoms with Gasteiger partial charge in [0.15, 0.2) is 0 Å². The van der Waals surface area contributed by atoms with Crippen LogP contribution in [0.1, 0.15) is 18.9 Å². The molecule has 0 aliphatic heterocycles. The Morgan fingerprint density at radius 1 is 1.26 bits per heavy atom. The lowest BCUT2D eigenvalue weighted by molar-refractivity contribution is -0.174. The Labute approximate surface area is 132 Å². The van der Waals surface area contributed by atoms with Gasteiger partial charge in [0, 0.05) is 12.1 Å². The van der Waals surface area contributed by atoms with Crippen LogP contribution < -0.4 is 5.32 Å². The Hall–Kier alpha value is -2.31. The minimum absolute atomic E-state index is 0.159. The van der Waals surface area contributed by atoms with Crippen LogP contribution >= 0.6 is 0 Å². The van der Waals surface area contributed by atoms with Gasteiger partial charge in [-0.1, -0.05) is 36.4 Å². The van der Waals surface area contributed by atoms with E-state index in [1.165, 1.54) is 6.08 Å². The van der Waals surface area contributed by atoms with Crippen molar-refractivity contribution in [2.45, 2.75) is 32.0 Å². The Balaban J connectivity index is 2.71. The van der Waals surface area contributed by atoms with Gasteiger partial charge in [-0.2, -0.15) is 13.2 Å². The van der Waals surface area contributed by atoms with Crippen molar-refractivity contribution >= 4 is 11.9 Å². The van der Waals surface area contributed by atoms with Gasteiger partial charge in [0.25, 0.3) is 0 Å². The highest BCUT2D eigenvalue weighted by atomic mass is 19.4. The number of esters is 1. The summed E-state index contributed by atoms with van der Waals surface area (Å²) in [7, 11) is 0. The molecule has 0 saturated carbocycles. The summed E-state index contributed by atoms with van der Waals surface area (Å²) >= 11 is 0. The summed E-state index contributed by atoms with van der Waals surface area (Å²) in [6, 6.07) is 8.19. The predicted molar refractivity (Wildman–Crippen MR) is 78.5 cm³/mol. The highest BCUT2D eigenvalue weighted by molar-refractivity contribution is 5.83.